The fraction of sp³-hybridized carbons (Fsp3) is 0.500. The second kappa shape index (κ2) is 2.84. The second-order valence-corrected chi connectivity index (χ2v) is 4.65. The summed E-state index contributed by atoms with van der Waals surface area (Å²) in [4.78, 5) is -0.359. The van der Waals surface area contributed by atoms with E-state index in [4.69, 9.17) is 5.26 Å². The van der Waals surface area contributed by atoms with E-state index in [-0.39, 0.29) is 4.91 Å². The molecule has 0 aromatic carbocycles. The third kappa shape index (κ3) is 1.58. The molecule has 10 heavy (non-hydrogen) atoms. The summed E-state index contributed by atoms with van der Waals surface area (Å²) in [6, 6.07) is 1.50. The maximum atomic E-state index is 10.9. The fourth-order valence-electron chi connectivity index (χ4n) is 0.348. The lowest BCUT2D eigenvalue weighted by Gasteiger charge is -2.02. The van der Waals surface area contributed by atoms with Gasteiger partial charge in [-0.15, -0.1) is 0 Å². The fourth-order valence-corrected chi connectivity index (χ4v) is 1.04. The van der Waals surface area contributed by atoms with Gasteiger partial charge >= 0.3 is 0 Å². The minimum absolute atomic E-state index is 0.359. The van der Waals surface area contributed by atoms with Crippen molar-refractivity contribution in [2.24, 2.45) is 0 Å². The number of hydrogen-bond donors (Lipinski definition) is 0. The van der Waals surface area contributed by atoms with Crippen LogP contribution in [0.4, 0.5) is 0 Å². The molecule has 3 nitrogen and oxygen atoms in total. The lowest BCUT2D eigenvalue weighted by atomic mass is 10.6. The van der Waals surface area contributed by atoms with Crippen LogP contribution >= 0.6 is 0 Å². The minimum atomic E-state index is -3.38. The first-order valence-corrected chi connectivity index (χ1v) is 4.30. The van der Waals surface area contributed by atoms with Crippen molar-refractivity contribution in [1.82, 2.24) is 0 Å². The number of rotatable bonds is 2. The molecule has 0 fully saturated rings. The second-order valence-electron chi connectivity index (χ2n) is 2.13. The smallest absolute Gasteiger partial charge is 0.190 e. The normalized spacial score (nSPS) is 11.0. The molecule has 0 bridgehead atoms. The van der Waals surface area contributed by atoms with Crippen molar-refractivity contribution < 1.29 is 8.42 Å². The van der Waals surface area contributed by atoms with Crippen molar-refractivity contribution >= 4 is 9.84 Å². The Morgan fingerprint density at radius 3 is 2.10 bits per heavy atom. The van der Waals surface area contributed by atoms with E-state index >= 15 is 0 Å². The summed E-state index contributed by atoms with van der Waals surface area (Å²) in [5, 5.41) is 7.63. The highest BCUT2D eigenvalue weighted by molar-refractivity contribution is 7.96. The summed E-state index contributed by atoms with van der Waals surface area (Å²) in [7, 11) is -3.38. The van der Waals surface area contributed by atoms with Crippen LogP contribution in [0.1, 0.15) is 13.8 Å². The molecule has 0 amide bonds. The number of hydrogen-bond acceptors (Lipinski definition) is 3. The van der Waals surface area contributed by atoms with Crippen molar-refractivity contribution in [2.75, 3.05) is 0 Å². The molecule has 0 aliphatic rings. The molecule has 0 aliphatic carbocycles. The number of nitriles is 1. The van der Waals surface area contributed by atoms with E-state index in [1.54, 1.807) is 0 Å². The largest absolute Gasteiger partial charge is 0.223 e. The first kappa shape index (κ1) is 9.18. The molecule has 0 atom stereocenters. The van der Waals surface area contributed by atoms with E-state index < -0.39 is 15.1 Å². The predicted molar refractivity (Wildman–Crippen MR) is 38.8 cm³/mol. The maximum Gasteiger partial charge on any atom is 0.190 e. The molecule has 0 spiro atoms. The van der Waals surface area contributed by atoms with Gasteiger partial charge in [0.15, 0.2) is 9.84 Å². The molecule has 0 N–H and O–H groups in total. The van der Waals surface area contributed by atoms with Crippen LogP contribution in [-0.4, -0.2) is 13.7 Å². The Labute approximate surface area is 60.9 Å². The van der Waals surface area contributed by atoms with Crippen LogP contribution in [0.3, 0.4) is 0 Å². The zero-order valence-corrected chi connectivity index (χ0v) is 6.77. The predicted octanol–water partition coefficient (Wildman–Crippen LogP) is 0.847. The van der Waals surface area contributed by atoms with Gasteiger partial charge in [-0.05, 0) is 13.8 Å². The molecule has 0 saturated carbocycles. The topological polar surface area (TPSA) is 57.9 Å². The highest BCUT2D eigenvalue weighted by Crippen LogP contribution is 2.09. The zero-order valence-electron chi connectivity index (χ0n) is 5.96. The van der Waals surface area contributed by atoms with Crippen molar-refractivity contribution in [3.63, 3.8) is 0 Å². The lowest BCUT2D eigenvalue weighted by Crippen LogP contribution is -2.14. The molecular weight excluding hydrogens is 150 g/mol. The monoisotopic (exact) mass is 159 g/mol. The van der Waals surface area contributed by atoms with Gasteiger partial charge in [0.25, 0.3) is 0 Å². The van der Waals surface area contributed by atoms with Gasteiger partial charge in [-0.2, -0.15) is 5.26 Å². The van der Waals surface area contributed by atoms with Gasteiger partial charge in [0.2, 0.25) is 0 Å². The van der Waals surface area contributed by atoms with Crippen LogP contribution in [-0.2, 0) is 9.84 Å². The molecule has 56 valence electrons. The summed E-state index contributed by atoms with van der Waals surface area (Å²) in [6.07, 6.45) is 0. The summed E-state index contributed by atoms with van der Waals surface area (Å²) in [5.41, 5.74) is 0. The molecule has 0 saturated heterocycles. The van der Waals surface area contributed by atoms with Crippen LogP contribution in [0.2, 0.25) is 0 Å². The third-order valence-electron chi connectivity index (χ3n) is 1.09. The highest BCUT2D eigenvalue weighted by atomic mass is 32.2. The van der Waals surface area contributed by atoms with Crippen LogP contribution in [0.25, 0.3) is 0 Å². The van der Waals surface area contributed by atoms with Crippen molar-refractivity contribution in [3.8, 4) is 6.07 Å². The van der Waals surface area contributed by atoms with E-state index in [0.717, 1.165) is 0 Å². The van der Waals surface area contributed by atoms with E-state index in [1.807, 2.05) is 0 Å². The Kier molecular flexibility index (Phi) is 2.61. The molecule has 0 aliphatic heterocycles. The highest BCUT2D eigenvalue weighted by Gasteiger charge is 2.19. The van der Waals surface area contributed by atoms with Gasteiger partial charge in [-0.3, -0.25) is 0 Å². The quantitative estimate of drug-likeness (QED) is 0.561. The third-order valence-corrected chi connectivity index (χ3v) is 3.11. The van der Waals surface area contributed by atoms with Crippen LogP contribution in [0.5, 0.6) is 0 Å². The average molecular weight is 159 g/mol. The Bertz CT molecular complexity index is 269. The molecule has 0 unspecified atom stereocenters. The average Bonchev–Trinajstić information content (AvgIpc) is 1.86. The number of allylic oxidation sites excluding steroid dienone is 1. The van der Waals surface area contributed by atoms with Crippen molar-refractivity contribution in [3.05, 3.63) is 11.5 Å². The van der Waals surface area contributed by atoms with E-state index in [9.17, 15) is 8.42 Å². The Morgan fingerprint density at radius 1 is 1.60 bits per heavy atom. The SMILES string of the molecule is C=C(C#N)S(=O)(=O)C(C)C. The molecule has 0 aromatic rings. The van der Waals surface area contributed by atoms with Gasteiger partial charge in [0.1, 0.15) is 11.0 Å². The summed E-state index contributed by atoms with van der Waals surface area (Å²) < 4.78 is 21.9. The molecule has 0 heterocycles. The Balaban J connectivity index is 4.83. The Hall–Kier alpha value is -0.820. The van der Waals surface area contributed by atoms with Gasteiger partial charge in [0, 0.05) is 0 Å². The Morgan fingerprint density at radius 2 is 2.00 bits per heavy atom. The first-order chi connectivity index (χ1) is 4.42. The van der Waals surface area contributed by atoms with Gasteiger partial charge < -0.3 is 0 Å². The van der Waals surface area contributed by atoms with Crippen LogP contribution in [0, 0.1) is 11.3 Å². The van der Waals surface area contributed by atoms with Gasteiger partial charge in [-0.25, -0.2) is 8.42 Å². The van der Waals surface area contributed by atoms with Crippen molar-refractivity contribution in [2.45, 2.75) is 19.1 Å². The molecular formula is C6H9NO2S. The molecule has 0 rings (SSSR count). The maximum absolute atomic E-state index is 10.9. The number of nitrogens with zero attached hydrogens (tertiary/aromatic N) is 1. The zero-order chi connectivity index (χ0) is 8.36. The lowest BCUT2D eigenvalue weighted by molar-refractivity contribution is 0.595. The van der Waals surface area contributed by atoms with E-state index in [0.29, 0.717) is 0 Å². The van der Waals surface area contributed by atoms with Crippen LogP contribution in [0.15, 0.2) is 11.5 Å². The molecule has 0 radical (unpaired) electrons. The van der Waals surface area contributed by atoms with E-state index in [2.05, 4.69) is 6.58 Å². The molecule has 0 aromatic heterocycles. The van der Waals surface area contributed by atoms with Gasteiger partial charge in [-0.1, -0.05) is 6.58 Å². The minimum Gasteiger partial charge on any atom is -0.223 e. The van der Waals surface area contributed by atoms with Crippen molar-refractivity contribution in [1.29, 1.82) is 5.26 Å². The van der Waals surface area contributed by atoms with Gasteiger partial charge in [0.05, 0.1) is 5.25 Å². The van der Waals surface area contributed by atoms with Crippen LogP contribution < -0.4 is 0 Å². The standard InChI is InChI=1S/C6H9NO2S/c1-5(2)10(8,9)6(3)4-7/h5H,3H2,1-2H3. The van der Waals surface area contributed by atoms with E-state index in [1.165, 1.54) is 19.9 Å². The molecule has 4 heteroatoms. The summed E-state index contributed by atoms with van der Waals surface area (Å²) in [5.74, 6) is 0. The summed E-state index contributed by atoms with van der Waals surface area (Å²) in [6.45, 7) is 6.14. The number of sulfone groups is 1. The first-order valence-electron chi connectivity index (χ1n) is 2.76. The summed E-state index contributed by atoms with van der Waals surface area (Å²) >= 11 is 0.